The molecule has 0 radical (unpaired) electrons. The maximum absolute atomic E-state index is 12.9. The number of carbonyl (C=O) groups is 1. The Morgan fingerprint density at radius 3 is 2.62 bits per heavy atom. The second-order valence-corrected chi connectivity index (χ2v) is 5.84. The molecule has 24 heavy (non-hydrogen) atoms. The Balaban J connectivity index is 1.60. The molecular weight excluding hydrogens is 311 g/mol. The zero-order valence-electron chi connectivity index (χ0n) is 13.2. The molecule has 1 aromatic carbocycles. The molecule has 0 atom stereocenters. The van der Waals surface area contributed by atoms with E-state index in [1.807, 2.05) is 6.07 Å². The quantitative estimate of drug-likeness (QED) is 0.877. The fraction of sp³-hybridized carbons (Fsp3) is 0.353. The SMILES string of the molecule is O=C(O)C1CCN(c2cc(NCc3ccc(F)cc3)ncn2)CC1. The molecular formula is C17H19FN4O2. The van der Waals surface area contributed by atoms with E-state index in [2.05, 4.69) is 20.2 Å². The van der Waals surface area contributed by atoms with Crippen molar-refractivity contribution in [2.75, 3.05) is 23.3 Å². The minimum Gasteiger partial charge on any atom is -0.481 e. The van der Waals surface area contributed by atoms with Crippen LogP contribution in [0.5, 0.6) is 0 Å². The Morgan fingerprint density at radius 1 is 1.25 bits per heavy atom. The lowest BCUT2D eigenvalue weighted by Crippen LogP contribution is -2.36. The van der Waals surface area contributed by atoms with Gasteiger partial charge in [-0.25, -0.2) is 14.4 Å². The first-order chi connectivity index (χ1) is 11.6. The minimum absolute atomic E-state index is 0.257. The van der Waals surface area contributed by atoms with Crippen molar-refractivity contribution in [3.05, 3.63) is 48.0 Å². The fourth-order valence-corrected chi connectivity index (χ4v) is 2.77. The molecule has 7 heteroatoms. The summed E-state index contributed by atoms with van der Waals surface area (Å²) in [4.78, 5) is 21.6. The first kappa shape index (κ1) is 16.2. The number of hydrogen-bond acceptors (Lipinski definition) is 5. The largest absolute Gasteiger partial charge is 0.481 e. The highest BCUT2D eigenvalue weighted by Crippen LogP contribution is 2.23. The lowest BCUT2D eigenvalue weighted by molar-refractivity contribution is -0.142. The number of aromatic nitrogens is 2. The van der Waals surface area contributed by atoms with Crippen LogP contribution in [0.3, 0.4) is 0 Å². The number of hydrogen-bond donors (Lipinski definition) is 2. The average Bonchev–Trinajstić information content (AvgIpc) is 2.61. The van der Waals surface area contributed by atoms with E-state index in [0.717, 1.165) is 11.4 Å². The third-order valence-corrected chi connectivity index (χ3v) is 4.21. The van der Waals surface area contributed by atoms with E-state index >= 15 is 0 Å². The summed E-state index contributed by atoms with van der Waals surface area (Å²) in [5.41, 5.74) is 0.957. The molecule has 0 unspecified atom stereocenters. The van der Waals surface area contributed by atoms with Gasteiger partial charge in [0.25, 0.3) is 0 Å². The molecule has 0 spiro atoms. The number of aliphatic carboxylic acids is 1. The average molecular weight is 330 g/mol. The van der Waals surface area contributed by atoms with Crippen molar-refractivity contribution in [2.24, 2.45) is 5.92 Å². The Labute approximate surface area is 139 Å². The number of piperidine rings is 1. The predicted molar refractivity (Wildman–Crippen MR) is 88.3 cm³/mol. The molecule has 1 saturated heterocycles. The Morgan fingerprint density at radius 2 is 1.96 bits per heavy atom. The highest BCUT2D eigenvalue weighted by molar-refractivity contribution is 5.70. The monoisotopic (exact) mass is 330 g/mol. The van der Waals surface area contributed by atoms with E-state index in [1.165, 1.54) is 18.5 Å². The summed E-state index contributed by atoms with van der Waals surface area (Å²) < 4.78 is 12.9. The number of carboxylic acids is 1. The smallest absolute Gasteiger partial charge is 0.306 e. The molecule has 1 aromatic heterocycles. The van der Waals surface area contributed by atoms with Crippen molar-refractivity contribution in [1.29, 1.82) is 0 Å². The summed E-state index contributed by atoms with van der Waals surface area (Å²) in [6, 6.07) is 8.15. The first-order valence-electron chi connectivity index (χ1n) is 7.90. The molecule has 2 N–H and O–H groups in total. The third kappa shape index (κ3) is 3.98. The molecule has 0 amide bonds. The summed E-state index contributed by atoms with van der Waals surface area (Å²) in [5, 5.41) is 12.2. The van der Waals surface area contributed by atoms with E-state index in [0.29, 0.717) is 38.3 Å². The van der Waals surface area contributed by atoms with Crippen LogP contribution in [-0.4, -0.2) is 34.1 Å². The zero-order valence-corrected chi connectivity index (χ0v) is 13.2. The Kier molecular flexibility index (Phi) is 4.88. The zero-order chi connectivity index (χ0) is 16.9. The second-order valence-electron chi connectivity index (χ2n) is 5.84. The standard InChI is InChI=1S/C17H19FN4O2/c18-14-3-1-12(2-4-14)10-19-15-9-16(21-11-20-15)22-7-5-13(6-8-22)17(23)24/h1-4,9,11,13H,5-8,10H2,(H,23,24)(H,19,20,21). The molecule has 1 aliphatic heterocycles. The van der Waals surface area contributed by atoms with Crippen molar-refractivity contribution in [3.8, 4) is 0 Å². The molecule has 0 bridgehead atoms. The Hall–Kier alpha value is -2.70. The first-order valence-corrected chi connectivity index (χ1v) is 7.90. The molecule has 3 rings (SSSR count). The van der Waals surface area contributed by atoms with Crippen LogP contribution >= 0.6 is 0 Å². The van der Waals surface area contributed by atoms with E-state index in [1.54, 1.807) is 12.1 Å². The Bertz CT molecular complexity index is 700. The summed E-state index contributed by atoms with van der Waals surface area (Å²) in [7, 11) is 0. The van der Waals surface area contributed by atoms with Gasteiger partial charge in [-0.1, -0.05) is 12.1 Å². The number of nitrogens with zero attached hydrogens (tertiary/aromatic N) is 3. The van der Waals surface area contributed by atoms with Crippen LogP contribution < -0.4 is 10.2 Å². The van der Waals surface area contributed by atoms with E-state index in [9.17, 15) is 9.18 Å². The lowest BCUT2D eigenvalue weighted by Gasteiger charge is -2.31. The topological polar surface area (TPSA) is 78.4 Å². The molecule has 6 nitrogen and oxygen atoms in total. The van der Waals surface area contributed by atoms with Gasteiger partial charge in [0.15, 0.2) is 0 Å². The maximum Gasteiger partial charge on any atom is 0.306 e. The lowest BCUT2D eigenvalue weighted by atomic mass is 9.97. The minimum atomic E-state index is -0.723. The van der Waals surface area contributed by atoms with Crippen LogP contribution in [0.15, 0.2) is 36.7 Å². The van der Waals surface area contributed by atoms with Gasteiger partial charge in [0.1, 0.15) is 23.8 Å². The fourth-order valence-electron chi connectivity index (χ4n) is 2.77. The van der Waals surface area contributed by atoms with Gasteiger partial charge in [0.2, 0.25) is 0 Å². The van der Waals surface area contributed by atoms with Gasteiger partial charge in [0.05, 0.1) is 5.92 Å². The van der Waals surface area contributed by atoms with Gasteiger partial charge < -0.3 is 15.3 Å². The van der Waals surface area contributed by atoms with Crippen LogP contribution in [-0.2, 0) is 11.3 Å². The summed E-state index contributed by atoms with van der Waals surface area (Å²) in [5.74, 6) is 0.228. The second kappa shape index (κ2) is 7.25. The van der Waals surface area contributed by atoms with Gasteiger partial charge in [-0.05, 0) is 30.5 Å². The van der Waals surface area contributed by atoms with E-state index in [-0.39, 0.29) is 11.7 Å². The number of nitrogens with one attached hydrogen (secondary N) is 1. The number of halogens is 1. The molecule has 1 aliphatic rings. The van der Waals surface area contributed by atoms with Gasteiger partial charge in [-0.15, -0.1) is 0 Å². The molecule has 2 heterocycles. The summed E-state index contributed by atoms with van der Waals surface area (Å²) in [6.45, 7) is 1.88. The van der Waals surface area contributed by atoms with Gasteiger partial charge in [0, 0.05) is 25.7 Å². The highest BCUT2D eigenvalue weighted by atomic mass is 19.1. The molecule has 126 valence electrons. The van der Waals surface area contributed by atoms with Crippen LogP contribution in [0.25, 0.3) is 0 Å². The molecule has 0 saturated carbocycles. The van der Waals surface area contributed by atoms with Crippen molar-refractivity contribution >= 4 is 17.6 Å². The van der Waals surface area contributed by atoms with Gasteiger partial charge >= 0.3 is 5.97 Å². The number of rotatable bonds is 5. The van der Waals surface area contributed by atoms with Crippen LogP contribution in [0, 0.1) is 11.7 Å². The molecule has 2 aromatic rings. The van der Waals surface area contributed by atoms with Crippen molar-refractivity contribution in [3.63, 3.8) is 0 Å². The van der Waals surface area contributed by atoms with Crippen molar-refractivity contribution < 1.29 is 14.3 Å². The molecule has 1 fully saturated rings. The van der Waals surface area contributed by atoms with Gasteiger partial charge in [-0.3, -0.25) is 4.79 Å². The number of carboxylic acid groups (broad SMARTS) is 1. The van der Waals surface area contributed by atoms with Crippen molar-refractivity contribution in [1.82, 2.24) is 9.97 Å². The third-order valence-electron chi connectivity index (χ3n) is 4.21. The van der Waals surface area contributed by atoms with Crippen LogP contribution in [0.4, 0.5) is 16.0 Å². The number of anilines is 2. The van der Waals surface area contributed by atoms with E-state index in [4.69, 9.17) is 5.11 Å². The van der Waals surface area contributed by atoms with Crippen LogP contribution in [0.1, 0.15) is 18.4 Å². The van der Waals surface area contributed by atoms with Crippen molar-refractivity contribution in [2.45, 2.75) is 19.4 Å². The number of benzene rings is 1. The molecule has 0 aliphatic carbocycles. The highest BCUT2D eigenvalue weighted by Gasteiger charge is 2.25. The van der Waals surface area contributed by atoms with Crippen LogP contribution in [0.2, 0.25) is 0 Å². The summed E-state index contributed by atoms with van der Waals surface area (Å²) in [6.07, 6.45) is 2.74. The predicted octanol–water partition coefficient (Wildman–Crippen LogP) is 2.53. The normalized spacial score (nSPS) is 15.3. The van der Waals surface area contributed by atoms with Gasteiger partial charge in [-0.2, -0.15) is 0 Å². The van der Waals surface area contributed by atoms with E-state index < -0.39 is 5.97 Å². The summed E-state index contributed by atoms with van der Waals surface area (Å²) >= 11 is 0. The maximum atomic E-state index is 12.9.